The number of carboxylic acid groups (broad SMARTS) is 1. The highest BCUT2D eigenvalue weighted by molar-refractivity contribution is 7.85. The summed E-state index contributed by atoms with van der Waals surface area (Å²) in [4.78, 5) is 10.8. The van der Waals surface area contributed by atoms with Crippen molar-refractivity contribution in [1.29, 1.82) is 0 Å². The predicted octanol–water partition coefficient (Wildman–Crippen LogP) is 2.81. The van der Waals surface area contributed by atoms with Crippen molar-refractivity contribution in [2.45, 2.75) is 57.6 Å². The molecule has 0 saturated heterocycles. The fourth-order valence-electron chi connectivity index (χ4n) is 3.38. The van der Waals surface area contributed by atoms with Gasteiger partial charge in [0, 0.05) is 21.8 Å². The number of hydrogen-bond donors (Lipinski definition) is 1. The topological polar surface area (TPSA) is 54.4 Å². The van der Waals surface area contributed by atoms with E-state index in [1.54, 1.807) is 0 Å². The molecular formula is C14H24O3S. The Bertz CT molecular complexity index is 339. The molecule has 4 heteroatoms. The first-order chi connectivity index (χ1) is 8.40. The van der Waals surface area contributed by atoms with Crippen LogP contribution in [0.5, 0.6) is 0 Å². The Labute approximate surface area is 112 Å². The van der Waals surface area contributed by atoms with Crippen LogP contribution in [0.25, 0.3) is 0 Å². The molecule has 3 atom stereocenters. The third-order valence-electron chi connectivity index (χ3n) is 4.44. The van der Waals surface area contributed by atoms with Gasteiger partial charge in [-0.05, 0) is 49.4 Å². The lowest BCUT2D eigenvalue weighted by atomic mass is 9.83. The van der Waals surface area contributed by atoms with Gasteiger partial charge in [0.25, 0.3) is 0 Å². The van der Waals surface area contributed by atoms with E-state index in [-0.39, 0.29) is 11.8 Å². The Balaban J connectivity index is 1.90. The number of rotatable bonds is 5. The van der Waals surface area contributed by atoms with Gasteiger partial charge in [0.1, 0.15) is 0 Å². The summed E-state index contributed by atoms with van der Waals surface area (Å²) in [7, 11) is -0.835. The SMILES string of the molecule is CC1CC(C)CC(S(=O)CC2(CC(=O)O)CC2)C1. The van der Waals surface area contributed by atoms with Crippen molar-refractivity contribution in [3.05, 3.63) is 0 Å². The first kappa shape index (κ1) is 14.0. The highest BCUT2D eigenvalue weighted by Gasteiger charge is 2.46. The second kappa shape index (κ2) is 5.32. The predicted molar refractivity (Wildman–Crippen MR) is 72.9 cm³/mol. The maximum Gasteiger partial charge on any atom is 0.303 e. The zero-order valence-electron chi connectivity index (χ0n) is 11.4. The summed E-state index contributed by atoms with van der Waals surface area (Å²) in [5, 5.41) is 9.20. The van der Waals surface area contributed by atoms with E-state index >= 15 is 0 Å². The average molecular weight is 272 g/mol. The molecule has 3 nitrogen and oxygen atoms in total. The summed E-state index contributed by atoms with van der Waals surface area (Å²) in [6.07, 6.45) is 5.45. The van der Waals surface area contributed by atoms with E-state index in [2.05, 4.69) is 13.8 Å². The molecule has 0 aliphatic heterocycles. The molecule has 0 radical (unpaired) electrons. The standard InChI is InChI=1S/C14H24O3S/c1-10-5-11(2)7-12(6-10)18(17)9-14(3-4-14)8-13(15)16/h10-12H,3-9H2,1-2H3,(H,15,16). The third-order valence-corrected chi connectivity index (χ3v) is 6.46. The Hall–Kier alpha value is -0.380. The van der Waals surface area contributed by atoms with Gasteiger partial charge in [-0.2, -0.15) is 0 Å². The van der Waals surface area contributed by atoms with Crippen molar-refractivity contribution in [3.8, 4) is 0 Å². The summed E-state index contributed by atoms with van der Waals surface area (Å²) >= 11 is 0. The van der Waals surface area contributed by atoms with E-state index in [1.807, 2.05) is 0 Å². The molecule has 1 N–H and O–H groups in total. The first-order valence-electron chi connectivity index (χ1n) is 6.99. The molecule has 0 bridgehead atoms. The zero-order chi connectivity index (χ0) is 13.3. The van der Waals surface area contributed by atoms with Crippen LogP contribution in [0.4, 0.5) is 0 Å². The fourth-order valence-corrected chi connectivity index (χ4v) is 5.69. The van der Waals surface area contributed by atoms with Gasteiger partial charge < -0.3 is 5.11 Å². The van der Waals surface area contributed by atoms with Crippen LogP contribution in [0.2, 0.25) is 0 Å². The van der Waals surface area contributed by atoms with Gasteiger partial charge in [-0.1, -0.05) is 13.8 Å². The molecule has 2 fully saturated rings. The van der Waals surface area contributed by atoms with Gasteiger partial charge in [0.05, 0.1) is 6.42 Å². The molecule has 0 heterocycles. The van der Waals surface area contributed by atoms with Gasteiger partial charge in [0.2, 0.25) is 0 Å². The van der Waals surface area contributed by atoms with Gasteiger partial charge in [-0.25, -0.2) is 0 Å². The van der Waals surface area contributed by atoms with Gasteiger partial charge >= 0.3 is 5.97 Å². The molecule has 3 unspecified atom stereocenters. The van der Waals surface area contributed by atoms with Gasteiger partial charge in [-0.3, -0.25) is 9.00 Å². The molecule has 18 heavy (non-hydrogen) atoms. The minimum Gasteiger partial charge on any atom is -0.481 e. The van der Waals surface area contributed by atoms with Crippen molar-refractivity contribution in [1.82, 2.24) is 0 Å². The van der Waals surface area contributed by atoms with E-state index in [0.29, 0.717) is 22.8 Å². The Morgan fingerprint density at radius 2 is 1.78 bits per heavy atom. The van der Waals surface area contributed by atoms with E-state index in [0.717, 1.165) is 25.7 Å². The van der Waals surface area contributed by atoms with Crippen LogP contribution in [0.15, 0.2) is 0 Å². The molecular weight excluding hydrogens is 248 g/mol. The maximum absolute atomic E-state index is 12.4. The molecule has 2 aliphatic rings. The van der Waals surface area contributed by atoms with Crippen LogP contribution in [0.3, 0.4) is 0 Å². The van der Waals surface area contributed by atoms with Crippen LogP contribution >= 0.6 is 0 Å². The molecule has 0 aromatic carbocycles. The Morgan fingerprint density at radius 1 is 1.22 bits per heavy atom. The molecule has 0 spiro atoms. The van der Waals surface area contributed by atoms with E-state index in [1.165, 1.54) is 6.42 Å². The normalized spacial score (nSPS) is 36.0. The van der Waals surface area contributed by atoms with Crippen molar-refractivity contribution in [3.63, 3.8) is 0 Å². The van der Waals surface area contributed by atoms with Crippen LogP contribution in [-0.2, 0) is 15.6 Å². The summed E-state index contributed by atoms with van der Waals surface area (Å²) in [5.41, 5.74) is -0.124. The fraction of sp³-hybridized carbons (Fsp3) is 0.929. The Kier molecular flexibility index (Phi) is 4.15. The smallest absolute Gasteiger partial charge is 0.303 e. The van der Waals surface area contributed by atoms with E-state index in [4.69, 9.17) is 5.11 Å². The lowest BCUT2D eigenvalue weighted by molar-refractivity contribution is -0.138. The number of aliphatic carboxylic acids is 1. The van der Waals surface area contributed by atoms with Gasteiger partial charge in [0.15, 0.2) is 0 Å². The zero-order valence-corrected chi connectivity index (χ0v) is 12.2. The number of carbonyl (C=O) groups is 1. The van der Waals surface area contributed by atoms with Crippen LogP contribution in [-0.4, -0.2) is 26.3 Å². The number of hydrogen-bond acceptors (Lipinski definition) is 2. The molecule has 0 amide bonds. The molecule has 2 saturated carbocycles. The summed E-state index contributed by atoms with van der Waals surface area (Å²) < 4.78 is 12.4. The molecule has 0 aromatic rings. The minimum absolute atomic E-state index is 0.124. The monoisotopic (exact) mass is 272 g/mol. The molecule has 0 aromatic heterocycles. The summed E-state index contributed by atoms with van der Waals surface area (Å²) in [5.74, 6) is 1.20. The largest absolute Gasteiger partial charge is 0.481 e. The maximum atomic E-state index is 12.4. The molecule has 2 rings (SSSR count). The molecule has 104 valence electrons. The first-order valence-corrected chi connectivity index (χ1v) is 8.37. The summed E-state index contributed by atoms with van der Waals surface area (Å²) in [6.45, 7) is 4.48. The lowest BCUT2D eigenvalue weighted by Crippen LogP contribution is -2.31. The molecule has 2 aliphatic carbocycles. The average Bonchev–Trinajstić information content (AvgIpc) is 2.94. The second-order valence-electron chi connectivity index (χ2n) is 6.64. The second-order valence-corrected chi connectivity index (χ2v) is 8.35. The van der Waals surface area contributed by atoms with Crippen molar-refractivity contribution < 1.29 is 14.1 Å². The van der Waals surface area contributed by atoms with Crippen LogP contribution < -0.4 is 0 Å². The van der Waals surface area contributed by atoms with Crippen LogP contribution in [0, 0.1) is 17.3 Å². The Morgan fingerprint density at radius 3 is 2.22 bits per heavy atom. The van der Waals surface area contributed by atoms with Crippen LogP contribution in [0.1, 0.15) is 52.4 Å². The quantitative estimate of drug-likeness (QED) is 0.837. The number of carboxylic acids is 1. The van der Waals surface area contributed by atoms with E-state index in [9.17, 15) is 9.00 Å². The van der Waals surface area contributed by atoms with Gasteiger partial charge in [-0.15, -0.1) is 0 Å². The van der Waals surface area contributed by atoms with Crippen molar-refractivity contribution in [2.24, 2.45) is 17.3 Å². The minimum atomic E-state index is -0.835. The van der Waals surface area contributed by atoms with Crippen molar-refractivity contribution in [2.75, 3.05) is 5.75 Å². The highest BCUT2D eigenvalue weighted by Crippen LogP contribution is 2.50. The van der Waals surface area contributed by atoms with Crippen molar-refractivity contribution >= 4 is 16.8 Å². The van der Waals surface area contributed by atoms with E-state index < -0.39 is 16.8 Å². The third kappa shape index (κ3) is 3.56. The summed E-state index contributed by atoms with van der Waals surface area (Å²) in [6, 6.07) is 0. The highest BCUT2D eigenvalue weighted by atomic mass is 32.2. The lowest BCUT2D eigenvalue weighted by Gasteiger charge is -2.31.